The number of aryl methyl sites for hydroxylation is 1. The van der Waals surface area contributed by atoms with Crippen molar-refractivity contribution in [3.05, 3.63) is 23.0 Å². The second-order valence-corrected chi connectivity index (χ2v) is 3.79. The van der Waals surface area contributed by atoms with Crippen molar-refractivity contribution in [2.75, 3.05) is 12.3 Å². The molecular weight excluding hydrogens is 242 g/mol. The zero-order valence-electron chi connectivity index (χ0n) is 9.51. The molecule has 0 unspecified atom stereocenters. The second-order valence-electron chi connectivity index (χ2n) is 3.39. The molecular formula is C10H12ClN5O. The maximum atomic E-state index is 5.82. The molecule has 90 valence electrons. The van der Waals surface area contributed by atoms with Gasteiger partial charge in [-0.05, 0) is 13.8 Å². The third kappa shape index (κ3) is 2.47. The molecule has 0 aliphatic carbocycles. The van der Waals surface area contributed by atoms with Gasteiger partial charge in [-0.3, -0.25) is 0 Å². The van der Waals surface area contributed by atoms with Crippen molar-refractivity contribution in [1.29, 1.82) is 0 Å². The number of anilines is 1. The van der Waals surface area contributed by atoms with E-state index in [0.29, 0.717) is 23.5 Å². The van der Waals surface area contributed by atoms with Crippen LogP contribution in [0.1, 0.15) is 12.6 Å². The van der Waals surface area contributed by atoms with Gasteiger partial charge in [0.1, 0.15) is 5.02 Å². The molecule has 0 aliphatic rings. The Morgan fingerprint density at radius 2 is 2.24 bits per heavy atom. The Balaban J connectivity index is 2.44. The van der Waals surface area contributed by atoms with Crippen molar-refractivity contribution < 1.29 is 4.74 Å². The Bertz CT molecular complexity index is 520. The Kier molecular flexibility index (Phi) is 3.14. The van der Waals surface area contributed by atoms with Crippen molar-refractivity contribution >= 4 is 17.4 Å². The molecule has 2 N–H and O–H groups in total. The van der Waals surface area contributed by atoms with E-state index in [9.17, 15) is 0 Å². The molecule has 0 saturated heterocycles. The van der Waals surface area contributed by atoms with Crippen LogP contribution < -0.4 is 10.5 Å². The molecule has 6 nitrogen and oxygen atoms in total. The van der Waals surface area contributed by atoms with E-state index in [1.165, 1.54) is 4.68 Å². The Morgan fingerprint density at radius 1 is 1.47 bits per heavy atom. The first-order valence-electron chi connectivity index (χ1n) is 5.09. The number of nitrogens with two attached hydrogens (primary N) is 1. The van der Waals surface area contributed by atoms with Gasteiger partial charge in [-0.2, -0.15) is 4.98 Å². The number of hydrogen-bond donors (Lipinski definition) is 1. The van der Waals surface area contributed by atoms with Crippen LogP contribution in [0.15, 0.2) is 12.3 Å². The maximum Gasteiger partial charge on any atom is 0.254 e. The highest BCUT2D eigenvalue weighted by molar-refractivity contribution is 6.32. The van der Waals surface area contributed by atoms with Crippen LogP contribution >= 0.6 is 11.6 Å². The van der Waals surface area contributed by atoms with Crippen molar-refractivity contribution in [3.63, 3.8) is 0 Å². The number of rotatable bonds is 3. The lowest BCUT2D eigenvalue weighted by atomic mass is 10.4. The van der Waals surface area contributed by atoms with Crippen LogP contribution in [0.5, 0.6) is 5.88 Å². The summed E-state index contributed by atoms with van der Waals surface area (Å²) in [5.74, 6) is 1.13. The predicted octanol–water partition coefficient (Wildman–Crippen LogP) is 1.61. The number of aromatic nitrogens is 4. The number of nitrogen functional groups attached to an aromatic ring is 1. The molecule has 0 bridgehead atoms. The van der Waals surface area contributed by atoms with Gasteiger partial charge in [0.2, 0.25) is 5.88 Å². The summed E-state index contributed by atoms with van der Waals surface area (Å²) in [5.41, 5.74) is 6.34. The van der Waals surface area contributed by atoms with E-state index in [1.54, 1.807) is 12.3 Å². The number of nitrogens with zero attached hydrogens (tertiary/aromatic N) is 4. The molecule has 0 aliphatic heterocycles. The fourth-order valence-electron chi connectivity index (χ4n) is 1.32. The Labute approximate surface area is 103 Å². The van der Waals surface area contributed by atoms with E-state index in [1.807, 2.05) is 13.8 Å². The van der Waals surface area contributed by atoms with Crippen LogP contribution in [0.25, 0.3) is 5.95 Å². The fourth-order valence-corrected chi connectivity index (χ4v) is 1.45. The van der Waals surface area contributed by atoms with Crippen molar-refractivity contribution in [3.8, 4) is 11.8 Å². The topological polar surface area (TPSA) is 78.9 Å². The van der Waals surface area contributed by atoms with Crippen LogP contribution in [0, 0.1) is 6.92 Å². The summed E-state index contributed by atoms with van der Waals surface area (Å²) in [7, 11) is 0. The highest BCUT2D eigenvalue weighted by atomic mass is 35.5. The zero-order chi connectivity index (χ0) is 12.4. The minimum Gasteiger partial charge on any atom is -0.478 e. The molecule has 0 amide bonds. The first kappa shape index (κ1) is 11.7. The van der Waals surface area contributed by atoms with Crippen LogP contribution in [0.2, 0.25) is 5.02 Å². The van der Waals surface area contributed by atoms with Gasteiger partial charge in [0, 0.05) is 11.8 Å². The van der Waals surface area contributed by atoms with E-state index in [2.05, 4.69) is 15.1 Å². The molecule has 2 aromatic rings. The largest absolute Gasteiger partial charge is 0.478 e. The van der Waals surface area contributed by atoms with Gasteiger partial charge < -0.3 is 10.5 Å². The zero-order valence-corrected chi connectivity index (χ0v) is 10.3. The predicted molar refractivity (Wildman–Crippen MR) is 64.5 cm³/mol. The van der Waals surface area contributed by atoms with Crippen molar-refractivity contribution in [2.24, 2.45) is 0 Å². The second kappa shape index (κ2) is 4.58. The van der Waals surface area contributed by atoms with Gasteiger partial charge in [0.15, 0.2) is 5.82 Å². The van der Waals surface area contributed by atoms with Crippen LogP contribution in [-0.4, -0.2) is 26.4 Å². The lowest BCUT2D eigenvalue weighted by Gasteiger charge is -2.05. The summed E-state index contributed by atoms with van der Waals surface area (Å²) in [5, 5.41) is 4.37. The highest BCUT2D eigenvalue weighted by Gasteiger charge is 2.09. The molecule has 0 saturated carbocycles. The first-order valence-corrected chi connectivity index (χ1v) is 5.47. The third-order valence-corrected chi connectivity index (χ3v) is 2.30. The van der Waals surface area contributed by atoms with E-state index < -0.39 is 0 Å². The molecule has 2 aromatic heterocycles. The summed E-state index contributed by atoms with van der Waals surface area (Å²) >= 11 is 5.82. The molecule has 2 heterocycles. The first-order chi connectivity index (χ1) is 8.10. The van der Waals surface area contributed by atoms with Gasteiger partial charge in [-0.15, -0.1) is 5.10 Å². The van der Waals surface area contributed by atoms with Crippen LogP contribution in [0.3, 0.4) is 0 Å². The number of hydrogen-bond acceptors (Lipinski definition) is 5. The quantitative estimate of drug-likeness (QED) is 0.899. The summed E-state index contributed by atoms with van der Waals surface area (Å²) in [6, 6.07) is 1.75. The minimum atomic E-state index is 0.245. The standard InChI is InChI=1S/C10H12ClN5O/c1-3-17-8-4-6(2)13-10(14-8)16-5-7(11)9(12)15-16/h4-5H,3H2,1-2H3,(H2,12,15). The third-order valence-electron chi connectivity index (χ3n) is 2.01. The Hall–Kier alpha value is -1.82. The lowest BCUT2D eigenvalue weighted by molar-refractivity contribution is 0.325. The van der Waals surface area contributed by atoms with Gasteiger partial charge >= 0.3 is 0 Å². The van der Waals surface area contributed by atoms with E-state index >= 15 is 0 Å². The molecule has 0 atom stereocenters. The molecule has 7 heteroatoms. The average Bonchev–Trinajstić information content (AvgIpc) is 2.59. The molecule has 0 radical (unpaired) electrons. The monoisotopic (exact) mass is 253 g/mol. The molecule has 0 fully saturated rings. The van der Waals surface area contributed by atoms with E-state index in [0.717, 1.165) is 5.69 Å². The SMILES string of the molecule is CCOc1cc(C)nc(-n2cc(Cl)c(N)n2)n1. The van der Waals surface area contributed by atoms with Crippen LogP contribution in [0.4, 0.5) is 5.82 Å². The lowest BCUT2D eigenvalue weighted by Crippen LogP contribution is -2.06. The van der Waals surface area contributed by atoms with Crippen LogP contribution in [-0.2, 0) is 0 Å². The number of ether oxygens (including phenoxy) is 1. The summed E-state index contributed by atoms with van der Waals surface area (Å²) in [6.45, 7) is 4.28. The normalized spacial score (nSPS) is 10.5. The molecule has 2 rings (SSSR count). The van der Waals surface area contributed by atoms with Gasteiger partial charge in [0.25, 0.3) is 5.95 Å². The van der Waals surface area contributed by atoms with Crippen molar-refractivity contribution in [1.82, 2.24) is 19.7 Å². The molecule has 0 aromatic carbocycles. The summed E-state index contributed by atoms with van der Waals surface area (Å²) in [4.78, 5) is 8.44. The smallest absolute Gasteiger partial charge is 0.254 e. The maximum absolute atomic E-state index is 5.82. The molecule has 17 heavy (non-hydrogen) atoms. The minimum absolute atomic E-state index is 0.245. The van der Waals surface area contributed by atoms with Gasteiger partial charge in [-0.1, -0.05) is 11.6 Å². The van der Waals surface area contributed by atoms with Crippen molar-refractivity contribution in [2.45, 2.75) is 13.8 Å². The highest BCUT2D eigenvalue weighted by Crippen LogP contribution is 2.18. The Morgan fingerprint density at radius 3 is 2.82 bits per heavy atom. The summed E-state index contributed by atoms with van der Waals surface area (Å²) < 4.78 is 6.75. The average molecular weight is 254 g/mol. The molecule has 0 spiro atoms. The van der Waals surface area contributed by atoms with E-state index in [4.69, 9.17) is 22.1 Å². The van der Waals surface area contributed by atoms with Gasteiger partial charge in [0.05, 0.1) is 12.8 Å². The van der Waals surface area contributed by atoms with E-state index in [-0.39, 0.29) is 5.82 Å². The van der Waals surface area contributed by atoms with Gasteiger partial charge in [-0.25, -0.2) is 9.67 Å². The number of halogens is 1. The fraction of sp³-hybridized carbons (Fsp3) is 0.300. The summed E-state index contributed by atoms with van der Waals surface area (Å²) in [6.07, 6.45) is 1.56.